The van der Waals surface area contributed by atoms with Crippen molar-refractivity contribution in [3.8, 4) is 0 Å². The molecular weight excluding hydrogens is 471 g/mol. The van der Waals surface area contributed by atoms with Crippen LogP contribution in [0.3, 0.4) is 0 Å². The molecule has 0 aliphatic carbocycles. The van der Waals surface area contributed by atoms with Crippen LogP contribution in [-0.4, -0.2) is 26.4 Å². The number of hydrogen-bond acceptors (Lipinski definition) is 5. The van der Waals surface area contributed by atoms with Crippen LogP contribution in [0.5, 0.6) is 0 Å². The minimum Gasteiger partial charge on any atom is -0.323 e. The highest BCUT2D eigenvalue weighted by atomic mass is 35.5. The molecule has 0 unspecified atom stereocenters. The number of thioether (sulfide) groups is 2. The van der Waals surface area contributed by atoms with Crippen molar-refractivity contribution in [2.24, 2.45) is 7.05 Å². The van der Waals surface area contributed by atoms with Crippen molar-refractivity contribution >= 4 is 69.9 Å². The van der Waals surface area contributed by atoms with Crippen molar-refractivity contribution in [2.75, 3.05) is 11.1 Å². The molecule has 0 aliphatic rings. The molecule has 3 rings (SSSR count). The van der Waals surface area contributed by atoms with Gasteiger partial charge in [0.25, 0.3) is 0 Å². The lowest BCUT2D eigenvalue weighted by Gasteiger charge is -2.09. The summed E-state index contributed by atoms with van der Waals surface area (Å²) in [4.78, 5) is 13.5. The minimum atomic E-state index is -0.250. The smallest absolute Gasteiger partial charge is 0.234 e. The molecule has 2 aromatic carbocycles. The van der Waals surface area contributed by atoms with Crippen LogP contribution in [0.4, 0.5) is 5.69 Å². The Morgan fingerprint density at radius 3 is 2.38 bits per heavy atom. The fourth-order valence-electron chi connectivity index (χ4n) is 2.35. The lowest BCUT2D eigenvalue weighted by molar-refractivity contribution is -0.113. The number of benzene rings is 2. The molecule has 0 fully saturated rings. The number of halogens is 3. The van der Waals surface area contributed by atoms with Crippen LogP contribution in [0.15, 0.2) is 46.5 Å². The highest BCUT2D eigenvalue weighted by Crippen LogP contribution is 2.34. The van der Waals surface area contributed by atoms with Gasteiger partial charge in [-0.2, -0.15) is 0 Å². The first-order chi connectivity index (χ1) is 13.8. The monoisotopic (exact) mass is 486 g/mol. The Balaban J connectivity index is 1.56. The summed E-state index contributed by atoms with van der Waals surface area (Å²) in [6.07, 6.45) is 0. The predicted molar refractivity (Wildman–Crippen MR) is 123 cm³/mol. The third-order valence-corrected chi connectivity index (χ3v) is 6.76. The Kier molecular flexibility index (Phi) is 7.76. The predicted octanol–water partition coefficient (Wildman–Crippen LogP) is 6.11. The number of aromatic nitrogens is 3. The summed E-state index contributed by atoms with van der Waals surface area (Å²) in [7, 11) is 1.89. The fourth-order valence-corrected chi connectivity index (χ4v) is 4.86. The van der Waals surface area contributed by atoms with E-state index >= 15 is 0 Å². The third kappa shape index (κ3) is 6.06. The summed E-state index contributed by atoms with van der Waals surface area (Å²) in [5.41, 5.74) is 1.57. The van der Waals surface area contributed by atoms with Gasteiger partial charge < -0.3 is 9.88 Å². The number of rotatable bonds is 7. The highest BCUT2D eigenvalue weighted by Gasteiger charge is 2.14. The molecule has 29 heavy (non-hydrogen) atoms. The topological polar surface area (TPSA) is 59.8 Å². The molecule has 1 heterocycles. The molecule has 0 aliphatic heterocycles. The molecule has 0 atom stereocenters. The number of aryl methyl sites for hydroxylation is 1. The van der Waals surface area contributed by atoms with Crippen LogP contribution in [0, 0.1) is 6.92 Å². The zero-order valence-electron chi connectivity index (χ0n) is 15.6. The first kappa shape index (κ1) is 22.3. The molecule has 1 N–H and O–H groups in total. The SMILES string of the molecule is Cc1ccc(SCc2nnc(SCC(=O)Nc3c(Cl)cc(Cl)cc3Cl)n2C)cc1. The van der Waals surface area contributed by atoms with Crippen molar-refractivity contribution in [1.29, 1.82) is 0 Å². The number of amides is 1. The van der Waals surface area contributed by atoms with E-state index in [0.717, 1.165) is 5.82 Å². The first-order valence-electron chi connectivity index (χ1n) is 8.48. The van der Waals surface area contributed by atoms with E-state index in [1.165, 1.54) is 34.4 Å². The minimum absolute atomic E-state index is 0.145. The Morgan fingerprint density at radius 2 is 1.72 bits per heavy atom. The van der Waals surface area contributed by atoms with E-state index in [9.17, 15) is 4.79 Å². The second-order valence-corrected chi connectivity index (χ2v) is 9.38. The summed E-state index contributed by atoms with van der Waals surface area (Å²) in [5.74, 6) is 1.42. The Hall–Kier alpha value is -1.38. The number of carbonyl (C=O) groups is 1. The normalized spacial score (nSPS) is 10.9. The van der Waals surface area contributed by atoms with Gasteiger partial charge >= 0.3 is 0 Å². The largest absolute Gasteiger partial charge is 0.323 e. The number of nitrogens with zero attached hydrogens (tertiary/aromatic N) is 3. The molecule has 0 bridgehead atoms. The van der Waals surface area contributed by atoms with Crippen LogP contribution in [-0.2, 0) is 17.6 Å². The molecular formula is C19H17Cl3N4OS2. The van der Waals surface area contributed by atoms with Crippen molar-refractivity contribution in [3.63, 3.8) is 0 Å². The lowest BCUT2D eigenvalue weighted by Crippen LogP contribution is -2.15. The van der Waals surface area contributed by atoms with Crippen molar-refractivity contribution in [3.05, 3.63) is 62.9 Å². The van der Waals surface area contributed by atoms with Gasteiger partial charge in [-0.05, 0) is 31.2 Å². The van der Waals surface area contributed by atoms with E-state index in [1.807, 2.05) is 11.6 Å². The summed E-state index contributed by atoms with van der Waals surface area (Å²) >= 11 is 21.1. The van der Waals surface area contributed by atoms with Gasteiger partial charge in [0.2, 0.25) is 5.91 Å². The summed E-state index contributed by atoms with van der Waals surface area (Å²) in [5, 5.41) is 12.8. The van der Waals surface area contributed by atoms with Gasteiger partial charge in [-0.15, -0.1) is 22.0 Å². The maximum atomic E-state index is 12.3. The zero-order valence-corrected chi connectivity index (χ0v) is 19.5. The third-order valence-electron chi connectivity index (χ3n) is 3.92. The zero-order chi connectivity index (χ0) is 21.0. The molecule has 5 nitrogen and oxygen atoms in total. The molecule has 3 aromatic rings. The van der Waals surface area contributed by atoms with E-state index in [-0.39, 0.29) is 21.7 Å². The molecule has 1 aromatic heterocycles. The van der Waals surface area contributed by atoms with Gasteiger partial charge in [-0.1, -0.05) is 64.3 Å². The molecule has 0 radical (unpaired) electrons. The van der Waals surface area contributed by atoms with Gasteiger partial charge in [0.15, 0.2) is 5.16 Å². The van der Waals surface area contributed by atoms with Crippen LogP contribution >= 0.6 is 58.3 Å². The van der Waals surface area contributed by atoms with E-state index in [4.69, 9.17) is 34.8 Å². The molecule has 0 saturated heterocycles. The van der Waals surface area contributed by atoms with E-state index < -0.39 is 0 Å². The van der Waals surface area contributed by atoms with Crippen molar-refractivity contribution in [2.45, 2.75) is 22.7 Å². The number of anilines is 1. The van der Waals surface area contributed by atoms with Gasteiger partial charge in [0.1, 0.15) is 5.82 Å². The summed E-state index contributed by atoms with van der Waals surface area (Å²) < 4.78 is 1.89. The standard InChI is InChI=1S/C19H17Cl3N4OS2/c1-11-3-5-13(6-4-11)28-9-16-24-25-19(26(16)2)29-10-17(27)23-18-14(21)7-12(20)8-15(18)22/h3-8H,9-10H2,1-2H3,(H,23,27). The fraction of sp³-hybridized carbons (Fsp3) is 0.211. The average Bonchev–Trinajstić information content (AvgIpc) is 3.02. The number of nitrogens with one attached hydrogen (secondary N) is 1. The lowest BCUT2D eigenvalue weighted by atomic mass is 10.2. The highest BCUT2D eigenvalue weighted by molar-refractivity contribution is 7.99. The Bertz CT molecular complexity index is 1000. The number of hydrogen-bond donors (Lipinski definition) is 1. The molecule has 0 spiro atoms. The Labute approximate surface area is 192 Å². The molecule has 0 saturated carbocycles. The second kappa shape index (κ2) is 10.1. The molecule has 1 amide bonds. The van der Waals surface area contributed by atoms with E-state index in [2.05, 4.69) is 46.7 Å². The van der Waals surface area contributed by atoms with Gasteiger partial charge in [0, 0.05) is 17.0 Å². The van der Waals surface area contributed by atoms with Crippen LogP contribution in [0.1, 0.15) is 11.4 Å². The van der Waals surface area contributed by atoms with Gasteiger partial charge in [0.05, 0.1) is 27.2 Å². The van der Waals surface area contributed by atoms with E-state index in [1.54, 1.807) is 11.8 Å². The average molecular weight is 488 g/mol. The van der Waals surface area contributed by atoms with Gasteiger partial charge in [-0.3, -0.25) is 4.79 Å². The molecule has 152 valence electrons. The first-order valence-corrected chi connectivity index (χ1v) is 11.6. The van der Waals surface area contributed by atoms with Crippen LogP contribution < -0.4 is 5.32 Å². The van der Waals surface area contributed by atoms with Crippen molar-refractivity contribution < 1.29 is 4.79 Å². The maximum Gasteiger partial charge on any atom is 0.234 e. The van der Waals surface area contributed by atoms with Crippen LogP contribution in [0.2, 0.25) is 15.1 Å². The Morgan fingerprint density at radius 1 is 1.07 bits per heavy atom. The number of carbonyl (C=O) groups excluding carboxylic acids is 1. The molecule has 10 heteroatoms. The van der Waals surface area contributed by atoms with E-state index in [0.29, 0.717) is 21.6 Å². The maximum absolute atomic E-state index is 12.3. The van der Waals surface area contributed by atoms with Gasteiger partial charge in [-0.25, -0.2) is 0 Å². The van der Waals surface area contributed by atoms with Crippen molar-refractivity contribution in [1.82, 2.24) is 14.8 Å². The second-order valence-electron chi connectivity index (χ2n) is 6.14. The summed E-state index contributed by atoms with van der Waals surface area (Å²) in [6.45, 7) is 2.06. The quantitative estimate of drug-likeness (QED) is 0.408. The van der Waals surface area contributed by atoms with Crippen LogP contribution in [0.25, 0.3) is 0 Å². The summed E-state index contributed by atoms with van der Waals surface area (Å²) in [6, 6.07) is 11.4.